The highest BCUT2D eigenvalue weighted by molar-refractivity contribution is 7.07. The van der Waals surface area contributed by atoms with Crippen molar-refractivity contribution in [3.8, 4) is 5.69 Å². The number of carbonyl (C=O) groups is 1. The molecule has 3 rings (SSSR count). The van der Waals surface area contributed by atoms with Gasteiger partial charge < -0.3 is 9.88 Å². The van der Waals surface area contributed by atoms with E-state index in [1.54, 1.807) is 23.4 Å². The van der Waals surface area contributed by atoms with Gasteiger partial charge in [0.25, 0.3) is 5.91 Å². The van der Waals surface area contributed by atoms with Crippen LogP contribution in [-0.4, -0.2) is 20.4 Å². The predicted octanol–water partition coefficient (Wildman–Crippen LogP) is 2.58. The number of imidazole rings is 1. The van der Waals surface area contributed by atoms with Crippen LogP contribution in [0.2, 0.25) is 0 Å². The monoisotopic (exact) mass is 270 g/mol. The zero-order chi connectivity index (χ0) is 13.1. The Kier molecular flexibility index (Phi) is 3.07. The second-order valence-corrected chi connectivity index (χ2v) is 4.57. The summed E-state index contributed by atoms with van der Waals surface area (Å²) in [5, 5.41) is 4.54. The Labute approximate surface area is 113 Å². The minimum atomic E-state index is -0.205. The lowest BCUT2D eigenvalue weighted by Crippen LogP contribution is -2.12. The highest BCUT2D eigenvalue weighted by atomic mass is 32.1. The molecule has 1 aromatic carbocycles. The molecule has 0 aliphatic rings. The van der Waals surface area contributed by atoms with Gasteiger partial charge in [0.15, 0.2) is 0 Å². The van der Waals surface area contributed by atoms with Crippen molar-refractivity contribution in [3.05, 3.63) is 59.6 Å². The first-order chi connectivity index (χ1) is 9.33. The molecule has 2 aromatic heterocycles. The van der Waals surface area contributed by atoms with Crippen LogP contribution in [-0.2, 0) is 0 Å². The van der Waals surface area contributed by atoms with E-state index >= 15 is 0 Å². The lowest BCUT2D eigenvalue weighted by molar-refractivity contribution is 0.102. The molecule has 0 fully saturated rings. The normalized spacial score (nSPS) is 10.3. The fraction of sp³-hybridized carbons (Fsp3) is 0. The van der Waals surface area contributed by atoms with Crippen LogP contribution in [0.1, 0.15) is 10.5 Å². The average molecular weight is 270 g/mol. The van der Waals surface area contributed by atoms with Crippen molar-refractivity contribution in [1.82, 2.24) is 14.5 Å². The van der Waals surface area contributed by atoms with Gasteiger partial charge in [0.2, 0.25) is 0 Å². The van der Waals surface area contributed by atoms with E-state index in [4.69, 9.17) is 0 Å². The zero-order valence-electron chi connectivity index (χ0n) is 9.85. The molecule has 19 heavy (non-hydrogen) atoms. The van der Waals surface area contributed by atoms with E-state index in [9.17, 15) is 4.79 Å². The number of thiazole rings is 1. The Bertz CT molecular complexity index is 677. The number of hydrogen-bond donors (Lipinski definition) is 1. The minimum absolute atomic E-state index is 0.205. The van der Waals surface area contributed by atoms with Crippen LogP contribution in [0.5, 0.6) is 0 Å². The Morgan fingerprint density at radius 2 is 2.32 bits per heavy atom. The summed E-state index contributed by atoms with van der Waals surface area (Å²) in [5.74, 6) is -0.205. The van der Waals surface area contributed by atoms with Crippen molar-refractivity contribution in [2.24, 2.45) is 0 Å². The van der Waals surface area contributed by atoms with E-state index in [-0.39, 0.29) is 5.91 Å². The predicted molar refractivity (Wildman–Crippen MR) is 73.6 cm³/mol. The largest absolute Gasteiger partial charge is 0.321 e. The van der Waals surface area contributed by atoms with Crippen molar-refractivity contribution < 1.29 is 4.79 Å². The third-order valence-corrected chi connectivity index (χ3v) is 3.16. The average Bonchev–Trinajstić information content (AvgIpc) is 3.13. The number of benzene rings is 1. The first-order valence-corrected chi connectivity index (χ1v) is 6.55. The Morgan fingerprint density at radius 1 is 1.37 bits per heavy atom. The van der Waals surface area contributed by atoms with E-state index in [2.05, 4.69) is 15.3 Å². The highest BCUT2D eigenvalue weighted by Crippen LogP contribution is 2.15. The SMILES string of the molecule is O=C(Nc1cccc(-n2ccnc2)c1)c1cscn1. The second kappa shape index (κ2) is 5.03. The summed E-state index contributed by atoms with van der Waals surface area (Å²) in [6.45, 7) is 0. The summed E-state index contributed by atoms with van der Waals surface area (Å²) >= 11 is 1.40. The maximum Gasteiger partial charge on any atom is 0.275 e. The van der Waals surface area contributed by atoms with Crippen LogP contribution in [0, 0.1) is 0 Å². The fourth-order valence-electron chi connectivity index (χ4n) is 1.68. The lowest BCUT2D eigenvalue weighted by Gasteiger charge is -2.06. The van der Waals surface area contributed by atoms with Gasteiger partial charge in [-0.05, 0) is 18.2 Å². The number of nitrogens with zero attached hydrogens (tertiary/aromatic N) is 3. The van der Waals surface area contributed by atoms with Crippen LogP contribution in [0.25, 0.3) is 5.69 Å². The van der Waals surface area contributed by atoms with E-state index in [1.807, 2.05) is 35.0 Å². The molecule has 0 saturated heterocycles. The number of aromatic nitrogens is 3. The molecule has 0 radical (unpaired) electrons. The summed E-state index contributed by atoms with van der Waals surface area (Å²) < 4.78 is 1.87. The molecular weight excluding hydrogens is 260 g/mol. The molecule has 1 amide bonds. The molecule has 2 heterocycles. The third kappa shape index (κ3) is 2.53. The number of hydrogen-bond acceptors (Lipinski definition) is 4. The molecule has 3 aromatic rings. The highest BCUT2D eigenvalue weighted by Gasteiger charge is 2.08. The zero-order valence-corrected chi connectivity index (χ0v) is 10.7. The van der Waals surface area contributed by atoms with Gasteiger partial charge in [-0.1, -0.05) is 6.07 Å². The molecule has 0 saturated carbocycles. The lowest BCUT2D eigenvalue weighted by atomic mass is 10.2. The van der Waals surface area contributed by atoms with Gasteiger partial charge in [0.1, 0.15) is 5.69 Å². The van der Waals surface area contributed by atoms with Gasteiger partial charge in [0.05, 0.1) is 11.8 Å². The molecule has 0 spiro atoms. The van der Waals surface area contributed by atoms with Crippen LogP contribution in [0.3, 0.4) is 0 Å². The van der Waals surface area contributed by atoms with E-state index < -0.39 is 0 Å². The van der Waals surface area contributed by atoms with E-state index in [0.717, 1.165) is 11.4 Å². The number of anilines is 1. The fourth-order valence-corrected chi connectivity index (χ4v) is 2.21. The first kappa shape index (κ1) is 11.6. The van der Waals surface area contributed by atoms with Gasteiger partial charge in [-0.3, -0.25) is 4.79 Å². The Balaban J connectivity index is 1.82. The summed E-state index contributed by atoms with van der Waals surface area (Å²) in [7, 11) is 0. The van der Waals surface area contributed by atoms with Crippen molar-refractivity contribution in [2.45, 2.75) is 0 Å². The first-order valence-electron chi connectivity index (χ1n) is 5.61. The molecule has 0 atom stereocenters. The van der Waals surface area contributed by atoms with Crippen LogP contribution in [0.4, 0.5) is 5.69 Å². The smallest absolute Gasteiger partial charge is 0.275 e. The van der Waals surface area contributed by atoms with Gasteiger partial charge in [0, 0.05) is 29.1 Å². The molecule has 0 unspecified atom stereocenters. The van der Waals surface area contributed by atoms with Crippen molar-refractivity contribution in [1.29, 1.82) is 0 Å². The molecule has 0 bridgehead atoms. The Morgan fingerprint density at radius 3 is 3.05 bits per heavy atom. The van der Waals surface area contributed by atoms with Crippen molar-refractivity contribution in [3.63, 3.8) is 0 Å². The van der Waals surface area contributed by atoms with Gasteiger partial charge in [-0.25, -0.2) is 9.97 Å². The molecule has 0 aliphatic carbocycles. The topological polar surface area (TPSA) is 59.8 Å². The van der Waals surface area contributed by atoms with Gasteiger partial charge in [-0.15, -0.1) is 11.3 Å². The standard InChI is InChI=1S/C13H10N4OS/c18-13(12-7-19-9-15-12)16-10-2-1-3-11(6-10)17-5-4-14-8-17/h1-9H,(H,16,18). The van der Waals surface area contributed by atoms with E-state index in [0.29, 0.717) is 5.69 Å². The maximum atomic E-state index is 11.9. The maximum absolute atomic E-state index is 11.9. The number of rotatable bonds is 3. The number of amides is 1. The molecule has 0 aliphatic heterocycles. The molecule has 5 nitrogen and oxygen atoms in total. The van der Waals surface area contributed by atoms with Crippen LogP contribution in [0.15, 0.2) is 53.9 Å². The molecule has 6 heteroatoms. The quantitative estimate of drug-likeness (QED) is 0.795. The van der Waals surface area contributed by atoms with Crippen molar-refractivity contribution >= 4 is 22.9 Å². The summed E-state index contributed by atoms with van der Waals surface area (Å²) in [6.07, 6.45) is 5.27. The molecular formula is C13H10N4OS. The third-order valence-electron chi connectivity index (χ3n) is 2.57. The van der Waals surface area contributed by atoms with Crippen molar-refractivity contribution in [2.75, 3.05) is 5.32 Å². The van der Waals surface area contributed by atoms with Crippen LogP contribution >= 0.6 is 11.3 Å². The number of nitrogens with one attached hydrogen (secondary N) is 1. The molecule has 94 valence electrons. The summed E-state index contributed by atoms with van der Waals surface area (Å²) in [5.41, 5.74) is 3.73. The van der Waals surface area contributed by atoms with Gasteiger partial charge in [-0.2, -0.15) is 0 Å². The number of carbonyl (C=O) groups excluding carboxylic acids is 1. The van der Waals surface area contributed by atoms with Gasteiger partial charge >= 0.3 is 0 Å². The van der Waals surface area contributed by atoms with Crippen LogP contribution < -0.4 is 5.32 Å². The minimum Gasteiger partial charge on any atom is -0.321 e. The second-order valence-electron chi connectivity index (χ2n) is 3.85. The summed E-state index contributed by atoms with van der Waals surface area (Å²) in [6, 6.07) is 7.54. The Hall–Kier alpha value is -2.47. The molecule has 1 N–H and O–H groups in total. The summed E-state index contributed by atoms with van der Waals surface area (Å²) in [4.78, 5) is 19.9. The van der Waals surface area contributed by atoms with E-state index in [1.165, 1.54) is 11.3 Å².